The van der Waals surface area contributed by atoms with Crippen molar-refractivity contribution in [2.75, 3.05) is 0 Å². The van der Waals surface area contributed by atoms with Crippen LogP contribution in [0.3, 0.4) is 0 Å². The van der Waals surface area contributed by atoms with E-state index in [2.05, 4.69) is 148 Å². The van der Waals surface area contributed by atoms with Gasteiger partial charge in [0.05, 0.1) is 0 Å². The van der Waals surface area contributed by atoms with Crippen LogP contribution in [0, 0.1) is 38.0 Å². The molecule has 0 radical (unpaired) electrons. The van der Waals surface area contributed by atoms with Crippen molar-refractivity contribution in [2.24, 2.45) is 17.3 Å². The molecule has 0 aliphatic heterocycles. The zero-order valence-corrected chi connectivity index (χ0v) is 32.9. The first-order valence-corrected chi connectivity index (χ1v) is 19.6. The SMILES string of the molecule is CC1CCC(C(C)(C)C)CC1.Cc1ccc(C(C)(C)C)cc1.Cc1ccc(C2=CCCCC2)cc1.Cc1ccc(C2CCCCC2)cc1. The first-order chi connectivity index (χ1) is 22.7. The van der Waals surface area contributed by atoms with Crippen molar-refractivity contribution in [3.8, 4) is 0 Å². The van der Waals surface area contributed by atoms with Crippen LogP contribution < -0.4 is 0 Å². The van der Waals surface area contributed by atoms with E-state index in [1.54, 1.807) is 11.1 Å². The lowest BCUT2D eigenvalue weighted by Crippen LogP contribution is -2.24. The molecule has 0 nitrogen and oxygen atoms in total. The molecule has 0 heterocycles. The van der Waals surface area contributed by atoms with Crippen molar-refractivity contribution >= 4 is 5.57 Å². The van der Waals surface area contributed by atoms with Gasteiger partial charge in [0.25, 0.3) is 0 Å². The van der Waals surface area contributed by atoms with E-state index in [0.29, 0.717) is 5.41 Å². The quantitative estimate of drug-likeness (QED) is 0.259. The Morgan fingerprint density at radius 1 is 0.521 bits per heavy atom. The number of allylic oxidation sites excluding steroid dienone is 2. The molecular formula is C48H72. The van der Waals surface area contributed by atoms with E-state index in [0.717, 1.165) is 17.8 Å². The van der Waals surface area contributed by atoms with Gasteiger partial charge >= 0.3 is 0 Å². The number of aryl methyl sites for hydroxylation is 3. The Hall–Kier alpha value is -2.60. The van der Waals surface area contributed by atoms with Gasteiger partial charge < -0.3 is 0 Å². The molecule has 0 bridgehead atoms. The van der Waals surface area contributed by atoms with Gasteiger partial charge in [0.1, 0.15) is 0 Å². The molecule has 0 N–H and O–H groups in total. The highest BCUT2D eigenvalue weighted by Gasteiger charge is 2.28. The average Bonchev–Trinajstić information content (AvgIpc) is 3.07. The Morgan fingerprint density at radius 3 is 1.48 bits per heavy atom. The van der Waals surface area contributed by atoms with Gasteiger partial charge in [-0.05, 0) is 123 Å². The maximum absolute atomic E-state index is 2.40. The van der Waals surface area contributed by atoms with Gasteiger partial charge in [-0.15, -0.1) is 0 Å². The van der Waals surface area contributed by atoms with Crippen LogP contribution in [0.5, 0.6) is 0 Å². The molecule has 3 aliphatic carbocycles. The maximum atomic E-state index is 2.40. The predicted octanol–water partition coefficient (Wildman–Crippen LogP) is 15.1. The van der Waals surface area contributed by atoms with Crippen molar-refractivity contribution in [1.82, 2.24) is 0 Å². The summed E-state index contributed by atoms with van der Waals surface area (Å²) in [5, 5.41) is 0. The minimum absolute atomic E-state index is 0.285. The summed E-state index contributed by atoms with van der Waals surface area (Å²) in [6, 6.07) is 26.7. The maximum Gasteiger partial charge on any atom is -0.0132 e. The lowest BCUT2D eigenvalue weighted by molar-refractivity contribution is 0.155. The third kappa shape index (κ3) is 14.5. The molecule has 0 amide bonds. The van der Waals surface area contributed by atoms with Crippen molar-refractivity contribution < 1.29 is 0 Å². The summed E-state index contributed by atoms with van der Waals surface area (Å²) in [4.78, 5) is 0. The monoisotopic (exact) mass is 649 g/mol. The van der Waals surface area contributed by atoms with Crippen molar-refractivity contribution in [1.29, 1.82) is 0 Å². The van der Waals surface area contributed by atoms with Crippen molar-refractivity contribution in [3.63, 3.8) is 0 Å². The fourth-order valence-corrected chi connectivity index (χ4v) is 7.32. The molecule has 0 aromatic heterocycles. The largest absolute Gasteiger partial charge is 0.0807 e. The lowest BCUT2D eigenvalue weighted by atomic mass is 9.70. The highest BCUT2D eigenvalue weighted by atomic mass is 14.3. The Bertz CT molecular complexity index is 1310. The highest BCUT2D eigenvalue weighted by Crippen LogP contribution is 2.39. The van der Waals surface area contributed by atoms with E-state index in [-0.39, 0.29) is 5.41 Å². The van der Waals surface area contributed by atoms with E-state index in [1.807, 2.05) is 0 Å². The number of rotatable bonds is 2. The van der Waals surface area contributed by atoms with E-state index < -0.39 is 0 Å². The molecule has 2 saturated carbocycles. The van der Waals surface area contributed by atoms with Crippen molar-refractivity contribution in [2.45, 2.75) is 164 Å². The zero-order chi connectivity index (χ0) is 35.2. The molecule has 3 aromatic carbocycles. The zero-order valence-electron chi connectivity index (χ0n) is 32.9. The Morgan fingerprint density at radius 2 is 1.02 bits per heavy atom. The Kier molecular flexibility index (Phi) is 16.2. The molecule has 0 atom stereocenters. The number of hydrogen-bond acceptors (Lipinski definition) is 0. The van der Waals surface area contributed by atoms with E-state index in [4.69, 9.17) is 0 Å². The van der Waals surface area contributed by atoms with Gasteiger partial charge in [-0.2, -0.15) is 0 Å². The fourth-order valence-electron chi connectivity index (χ4n) is 7.32. The molecule has 6 rings (SSSR count). The minimum Gasteiger partial charge on any atom is -0.0807 e. The summed E-state index contributed by atoms with van der Waals surface area (Å²) >= 11 is 0. The Labute approximate surface area is 298 Å². The van der Waals surface area contributed by atoms with Gasteiger partial charge in [0.15, 0.2) is 0 Å². The molecule has 0 unspecified atom stereocenters. The van der Waals surface area contributed by atoms with E-state index >= 15 is 0 Å². The number of benzene rings is 3. The first kappa shape index (κ1) is 39.8. The first-order valence-electron chi connectivity index (χ1n) is 19.6. The van der Waals surface area contributed by atoms with Crippen LogP contribution >= 0.6 is 0 Å². The van der Waals surface area contributed by atoms with Gasteiger partial charge in [-0.3, -0.25) is 0 Å². The van der Waals surface area contributed by atoms with Crippen LogP contribution in [0.15, 0.2) is 78.9 Å². The van der Waals surface area contributed by atoms with Gasteiger partial charge in [0, 0.05) is 0 Å². The second-order valence-electron chi connectivity index (χ2n) is 17.5. The molecule has 0 spiro atoms. The van der Waals surface area contributed by atoms with Crippen LogP contribution in [0.2, 0.25) is 0 Å². The highest BCUT2D eigenvalue weighted by molar-refractivity contribution is 5.66. The molecule has 3 aliphatic rings. The second kappa shape index (κ2) is 19.6. The predicted molar refractivity (Wildman–Crippen MR) is 215 cm³/mol. The molecular weight excluding hydrogens is 577 g/mol. The van der Waals surface area contributed by atoms with E-state index in [9.17, 15) is 0 Å². The Balaban J connectivity index is 0.000000174. The van der Waals surface area contributed by atoms with Crippen LogP contribution in [0.25, 0.3) is 5.57 Å². The number of hydrogen-bond donors (Lipinski definition) is 0. The smallest absolute Gasteiger partial charge is 0.0132 e. The van der Waals surface area contributed by atoms with Gasteiger partial charge in [-0.25, -0.2) is 0 Å². The summed E-state index contributed by atoms with van der Waals surface area (Å²) in [6.45, 7) is 22.6. The summed E-state index contributed by atoms with van der Waals surface area (Å²) in [5.41, 5.74) is 10.8. The van der Waals surface area contributed by atoms with Crippen LogP contribution in [0.1, 0.15) is 171 Å². The summed E-state index contributed by atoms with van der Waals surface area (Å²) < 4.78 is 0. The molecule has 264 valence electrons. The minimum atomic E-state index is 0.285. The lowest BCUT2D eigenvalue weighted by Gasteiger charge is -2.35. The van der Waals surface area contributed by atoms with Crippen LogP contribution in [-0.2, 0) is 5.41 Å². The van der Waals surface area contributed by atoms with Gasteiger partial charge in [-0.1, -0.05) is 176 Å². The normalized spacial score (nSPS) is 20.1. The summed E-state index contributed by atoms with van der Waals surface area (Å²) in [5.74, 6) is 2.83. The molecule has 3 aromatic rings. The molecule has 2 fully saturated rings. The topological polar surface area (TPSA) is 0 Å². The second-order valence-corrected chi connectivity index (χ2v) is 17.5. The molecule has 0 heteroatoms. The van der Waals surface area contributed by atoms with Crippen LogP contribution in [0.4, 0.5) is 0 Å². The van der Waals surface area contributed by atoms with Crippen molar-refractivity contribution in [3.05, 3.63) is 112 Å². The molecule has 0 saturated heterocycles. The third-order valence-electron chi connectivity index (χ3n) is 11.0. The molecule has 48 heavy (non-hydrogen) atoms. The average molecular weight is 649 g/mol. The summed E-state index contributed by atoms with van der Waals surface area (Å²) in [7, 11) is 0. The summed E-state index contributed by atoms with van der Waals surface area (Å²) in [6.07, 6.45) is 20.6. The van der Waals surface area contributed by atoms with E-state index in [1.165, 1.54) is 111 Å². The standard InChI is InChI=1S/C13H18.C13H16.C11H22.C11H16/c2*1-11-7-9-13(10-8-11)12-5-3-2-4-6-12;2*1-9-5-7-10(8-6-9)11(2,3)4/h7-10,12H,2-6H2,1H3;5,7-10H,2-4,6H2,1H3;9-10H,5-8H2,1-4H3;5-8H,1-4H3. The fraction of sp³-hybridized carbons (Fsp3) is 0.583. The third-order valence-corrected chi connectivity index (χ3v) is 11.0. The van der Waals surface area contributed by atoms with Gasteiger partial charge in [0.2, 0.25) is 0 Å². The van der Waals surface area contributed by atoms with Crippen LogP contribution in [-0.4, -0.2) is 0 Å².